The molecule has 2 fully saturated rings. The summed E-state index contributed by atoms with van der Waals surface area (Å²) in [5, 5.41) is 2.74. The zero-order valence-electron chi connectivity index (χ0n) is 12.4. The molecular weight excluding hydrogens is 288 g/mol. The lowest BCUT2D eigenvalue weighted by atomic mass is 10.3. The summed E-state index contributed by atoms with van der Waals surface area (Å²) in [6, 6.07) is 8.43. The number of halogens is 1. The molecule has 0 radical (unpaired) electrons. The molecule has 1 saturated heterocycles. The van der Waals surface area contributed by atoms with Gasteiger partial charge in [0.25, 0.3) is 0 Å². The normalized spacial score (nSPS) is 23.1. The Kier molecular flexibility index (Phi) is 5.48. The lowest BCUT2D eigenvalue weighted by Crippen LogP contribution is -2.25. The van der Waals surface area contributed by atoms with Crippen molar-refractivity contribution in [1.82, 2.24) is 4.90 Å². The molecule has 0 aromatic heterocycles. The van der Waals surface area contributed by atoms with Gasteiger partial charge in [-0.05, 0) is 56.0 Å². The molecule has 4 nitrogen and oxygen atoms in total. The van der Waals surface area contributed by atoms with Crippen molar-refractivity contribution in [2.75, 3.05) is 25.0 Å². The van der Waals surface area contributed by atoms with Crippen LogP contribution in [0.3, 0.4) is 0 Å². The predicted molar refractivity (Wildman–Crippen MR) is 86.2 cm³/mol. The van der Waals surface area contributed by atoms with Crippen LogP contribution < -0.4 is 10.1 Å². The van der Waals surface area contributed by atoms with Gasteiger partial charge in [0.15, 0.2) is 0 Å². The van der Waals surface area contributed by atoms with Crippen LogP contribution in [0.5, 0.6) is 5.75 Å². The number of anilines is 1. The van der Waals surface area contributed by atoms with E-state index in [1.54, 1.807) is 0 Å². The van der Waals surface area contributed by atoms with Crippen molar-refractivity contribution in [3.05, 3.63) is 24.3 Å². The average Bonchev–Trinajstić information content (AvgIpc) is 3.10. The number of nitrogens with zero attached hydrogens (tertiary/aromatic N) is 1. The summed E-state index contributed by atoms with van der Waals surface area (Å²) in [6.45, 7) is 4.70. The summed E-state index contributed by atoms with van der Waals surface area (Å²) >= 11 is 0. The van der Waals surface area contributed by atoms with E-state index in [9.17, 15) is 4.79 Å². The van der Waals surface area contributed by atoms with Crippen molar-refractivity contribution in [2.45, 2.75) is 32.2 Å². The number of benzene rings is 1. The molecule has 0 unspecified atom stereocenters. The Morgan fingerprint density at radius 2 is 2.14 bits per heavy atom. The number of rotatable bonds is 6. The van der Waals surface area contributed by atoms with Crippen LogP contribution in [0.1, 0.15) is 26.2 Å². The number of carbonyl (C=O) groups is 1. The second-order valence-electron chi connectivity index (χ2n) is 5.80. The van der Waals surface area contributed by atoms with E-state index in [0.717, 1.165) is 43.0 Å². The Bertz CT molecular complexity index is 478. The predicted octanol–water partition coefficient (Wildman–Crippen LogP) is 2.93. The molecule has 5 heteroatoms. The Labute approximate surface area is 132 Å². The van der Waals surface area contributed by atoms with E-state index in [2.05, 4.69) is 10.2 Å². The third kappa shape index (κ3) is 4.35. The third-order valence-corrected chi connectivity index (χ3v) is 4.17. The van der Waals surface area contributed by atoms with Crippen LogP contribution in [0.25, 0.3) is 0 Å². The fourth-order valence-electron chi connectivity index (χ4n) is 3.06. The molecule has 1 amide bonds. The van der Waals surface area contributed by atoms with Crippen LogP contribution in [0.2, 0.25) is 0 Å². The average molecular weight is 311 g/mol. The van der Waals surface area contributed by atoms with Crippen molar-refractivity contribution >= 4 is 24.0 Å². The van der Waals surface area contributed by atoms with Gasteiger partial charge in [-0.3, -0.25) is 9.69 Å². The minimum Gasteiger partial charge on any atom is -0.494 e. The highest BCUT2D eigenvalue weighted by atomic mass is 35.5. The molecule has 1 aliphatic carbocycles. The largest absolute Gasteiger partial charge is 0.494 e. The summed E-state index contributed by atoms with van der Waals surface area (Å²) in [7, 11) is 0. The van der Waals surface area contributed by atoms with E-state index in [0.29, 0.717) is 0 Å². The van der Waals surface area contributed by atoms with E-state index >= 15 is 0 Å². The van der Waals surface area contributed by atoms with Gasteiger partial charge >= 0.3 is 0 Å². The van der Waals surface area contributed by atoms with Gasteiger partial charge in [-0.25, -0.2) is 0 Å². The van der Waals surface area contributed by atoms with Crippen LogP contribution >= 0.6 is 12.4 Å². The highest BCUT2D eigenvalue weighted by molar-refractivity contribution is 5.88. The van der Waals surface area contributed by atoms with Crippen molar-refractivity contribution in [3.63, 3.8) is 0 Å². The standard InChI is InChI=1S/C16H22N2O2.ClH/c1-12(19)17-14-3-5-15(6-4-14)20-10-2-8-18-9-7-13-11-16(13)18;/h3-6,13,16H,2,7-11H2,1H3,(H,17,19);1H/t13-,16+;/m1./s1. The van der Waals surface area contributed by atoms with Gasteiger partial charge in [0.05, 0.1) is 6.61 Å². The first kappa shape index (κ1) is 16.1. The Hall–Kier alpha value is -1.26. The highest BCUT2D eigenvalue weighted by Crippen LogP contribution is 2.44. The van der Waals surface area contributed by atoms with Gasteiger partial charge in [-0.15, -0.1) is 12.4 Å². The number of ether oxygens (including phenoxy) is 1. The lowest BCUT2D eigenvalue weighted by Gasteiger charge is -2.17. The SMILES string of the molecule is CC(=O)Nc1ccc(OCCCN2CC[C@@H]3C[C@@H]32)cc1.Cl. The van der Waals surface area contributed by atoms with E-state index in [1.165, 1.54) is 26.3 Å². The van der Waals surface area contributed by atoms with Gasteiger partial charge in [0.1, 0.15) is 5.75 Å². The molecule has 2 atom stereocenters. The number of amides is 1. The molecule has 2 aliphatic rings. The number of likely N-dealkylation sites (tertiary alicyclic amines) is 1. The van der Waals surface area contributed by atoms with Crippen LogP contribution in [0, 0.1) is 5.92 Å². The van der Waals surface area contributed by atoms with Crippen molar-refractivity contribution < 1.29 is 9.53 Å². The van der Waals surface area contributed by atoms with E-state index in [4.69, 9.17) is 4.74 Å². The van der Waals surface area contributed by atoms with Gasteiger partial charge < -0.3 is 10.1 Å². The molecule has 0 spiro atoms. The molecule has 1 aromatic carbocycles. The molecule has 1 aromatic rings. The van der Waals surface area contributed by atoms with E-state index in [1.807, 2.05) is 24.3 Å². The molecule has 116 valence electrons. The monoisotopic (exact) mass is 310 g/mol. The van der Waals surface area contributed by atoms with Crippen molar-refractivity contribution in [2.24, 2.45) is 5.92 Å². The summed E-state index contributed by atoms with van der Waals surface area (Å²) in [6.07, 6.45) is 3.90. The maximum Gasteiger partial charge on any atom is 0.221 e. The highest BCUT2D eigenvalue weighted by Gasteiger charge is 2.46. The maximum absolute atomic E-state index is 10.9. The molecular formula is C16H23ClN2O2. The minimum absolute atomic E-state index is 0. The minimum atomic E-state index is -0.0531. The first-order valence-corrected chi connectivity index (χ1v) is 7.47. The van der Waals surface area contributed by atoms with Gasteiger partial charge in [-0.1, -0.05) is 0 Å². The van der Waals surface area contributed by atoms with Crippen molar-refractivity contribution in [1.29, 1.82) is 0 Å². The van der Waals surface area contributed by atoms with E-state index < -0.39 is 0 Å². The molecule has 1 saturated carbocycles. The molecule has 0 bridgehead atoms. The number of fused-ring (bicyclic) bond motifs is 1. The molecule has 1 aliphatic heterocycles. The number of piperidine rings is 1. The Morgan fingerprint density at radius 3 is 2.71 bits per heavy atom. The number of hydrogen-bond donors (Lipinski definition) is 1. The van der Waals surface area contributed by atoms with Crippen LogP contribution in [0.15, 0.2) is 24.3 Å². The summed E-state index contributed by atoms with van der Waals surface area (Å²) in [4.78, 5) is 13.5. The third-order valence-electron chi connectivity index (χ3n) is 4.17. The fraction of sp³-hybridized carbons (Fsp3) is 0.562. The van der Waals surface area contributed by atoms with E-state index in [-0.39, 0.29) is 18.3 Å². The Balaban J connectivity index is 0.00000161. The first-order valence-electron chi connectivity index (χ1n) is 7.47. The molecule has 3 rings (SSSR count). The van der Waals surface area contributed by atoms with Crippen LogP contribution in [-0.4, -0.2) is 36.5 Å². The van der Waals surface area contributed by atoms with Gasteiger partial charge in [0, 0.05) is 25.2 Å². The molecule has 1 heterocycles. The van der Waals surface area contributed by atoms with Crippen LogP contribution in [-0.2, 0) is 4.79 Å². The summed E-state index contributed by atoms with van der Waals surface area (Å²) in [5.41, 5.74) is 0.807. The number of carbonyl (C=O) groups excluding carboxylic acids is 1. The number of nitrogens with one attached hydrogen (secondary N) is 1. The Morgan fingerprint density at radius 1 is 1.38 bits per heavy atom. The summed E-state index contributed by atoms with van der Waals surface area (Å²) < 4.78 is 5.74. The van der Waals surface area contributed by atoms with Gasteiger partial charge in [0.2, 0.25) is 5.91 Å². The first-order chi connectivity index (χ1) is 9.72. The van der Waals surface area contributed by atoms with Crippen LogP contribution in [0.4, 0.5) is 5.69 Å². The second kappa shape index (κ2) is 7.14. The quantitative estimate of drug-likeness (QED) is 0.821. The fourth-order valence-corrected chi connectivity index (χ4v) is 3.06. The second-order valence-corrected chi connectivity index (χ2v) is 5.80. The zero-order valence-corrected chi connectivity index (χ0v) is 13.2. The van der Waals surface area contributed by atoms with Gasteiger partial charge in [-0.2, -0.15) is 0 Å². The molecule has 1 N–H and O–H groups in total. The maximum atomic E-state index is 10.9. The smallest absolute Gasteiger partial charge is 0.221 e. The van der Waals surface area contributed by atoms with Crippen molar-refractivity contribution in [3.8, 4) is 5.75 Å². The topological polar surface area (TPSA) is 41.6 Å². The molecule has 21 heavy (non-hydrogen) atoms. The summed E-state index contributed by atoms with van der Waals surface area (Å²) in [5.74, 6) is 1.82. The lowest BCUT2D eigenvalue weighted by molar-refractivity contribution is -0.114. The number of hydrogen-bond acceptors (Lipinski definition) is 3. The zero-order chi connectivity index (χ0) is 13.9.